The Bertz CT molecular complexity index is 1670. The molecule has 6 rings (SSSR count). The van der Waals surface area contributed by atoms with Gasteiger partial charge in [-0.05, 0) is 31.7 Å². The van der Waals surface area contributed by atoms with Crippen molar-refractivity contribution >= 4 is 0 Å². The molecule has 10 nitrogen and oxygen atoms in total. The summed E-state index contributed by atoms with van der Waals surface area (Å²) < 4.78 is 95.2. The first-order chi connectivity index (χ1) is 20.4. The summed E-state index contributed by atoms with van der Waals surface area (Å²) in [5.74, 6) is -1.13. The molecule has 0 bridgehead atoms. The molecule has 0 spiro atoms. The van der Waals surface area contributed by atoms with Gasteiger partial charge in [0.25, 0.3) is 5.88 Å². The second-order valence-corrected chi connectivity index (χ2v) is 9.43. The van der Waals surface area contributed by atoms with E-state index in [4.69, 9.17) is 18.3 Å². The van der Waals surface area contributed by atoms with Crippen LogP contribution in [0.25, 0.3) is 22.9 Å². The molecule has 4 heterocycles. The van der Waals surface area contributed by atoms with Crippen molar-refractivity contribution in [3.63, 3.8) is 0 Å². The number of hydrogen-bond acceptors (Lipinski definition) is 9. The van der Waals surface area contributed by atoms with Crippen molar-refractivity contribution in [1.29, 1.82) is 0 Å². The van der Waals surface area contributed by atoms with Crippen LogP contribution in [0.1, 0.15) is 58.7 Å². The van der Waals surface area contributed by atoms with Gasteiger partial charge in [0.05, 0.1) is 30.2 Å². The number of pyridine rings is 1. The molecule has 0 N–H and O–H groups in total. The number of imidazole rings is 1. The normalized spacial score (nSPS) is 16.7. The molecule has 2 aliphatic carbocycles. The lowest BCUT2D eigenvalue weighted by Crippen LogP contribution is -2.06. The van der Waals surface area contributed by atoms with Crippen molar-refractivity contribution in [2.45, 2.75) is 50.4 Å². The molecule has 4 aromatic rings. The van der Waals surface area contributed by atoms with Gasteiger partial charge in [-0.25, -0.2) is 29.3 Å². The van der Waals surface area contributed by atoms with E-state index in [9.17, 15) is 13.2 Å². The van der Waals surface area contributed by atoms with E-state index in [1.54, 1.807) is 0 Å². The van der Waals surface area contributed by atoms with Crippen LogP contribution in [0.3, 0.4) is 0 Å². The molecule has 0 saturated heterocycles. The number of nitrogens with zero attached hydrogens (tertiary/aromatic N) is 7. The minimum absolute atomic E-state index is 0.0320. The number of aromatic nitrogens is 7. The first-order valence-corrected chi connectivity index (χ1v) is 12.3. The highest BCUT2D eigenvalue weighted by molar-refractivity contribution is 5.66. The fourth-order valence-electron chi connectivity index (χ4n) is 4.26. The zero-order chi connectivity index (χ0) is 30.5. The molecule has 208 valence electrons. The predicted octanol–water partition coefficient (Wildman–Crippen LogP) is 5.16. The molecule has 0 radical (unpaired) electrons. The summed E-state index contributed by atoms with van der Waals surface area (Å²) >= 11 is 0. The zero-order valence-electron chi connectivity index (χ0n) is 23.9. The molecule has 0 aromatic carbocycles. The van der Waals surface area contributed by atoms with Crippen LogP contribution in [0, 0.1) is 5.82 Å². The Kier molecular flexibility index (Phi) is 5.61. The number of rotatable bonds is 9. The van der Waals surface area contributed by atoms with Crippen molar-refractivity contribution in [2.24, 2.45) is 0 Å². The van der Waals surface area contributed by atoms with E-state index in [-0.39, 0.29) is 64.5 Å². The number of methoxy groups -OCH3 is 2. The molecule has 0 atom stereocenters. The lowest BCUT2D eigenvalue weighted by Gasteiger charge is -2.14. The molecule has 0 unspecified atom stereocenters. The Labute approximate surface area is 229 Å². The van der Waals surface area contributed by atoms with E-state index in [1.807, 2.05) is 0 Å². The Morgan fingerprint density at radius 2 is 1.85 bits per heavy atom. The van der Waals surface area contributed by atoms with Crippen LogP contribution in [0.4, 0.5) is 17.6 Å². The van der Waals surface area contributed by atoms with E-state index >= 15 is 4.39 Å². The second kappa shape index (κ2) is 9.99. The van der Waals surface area contributed by atoms with E-state index < -0.39 is 24.7 Å². The smallest absolute Gasteiger partial charge is 0.434 e. The van der Waals surface area contributed by atoms with Crippen LogP contribution in [-0.4, -0.2) is 48.6 Å². The van der Waals surface area contributed by atoms with Crippen LogP contribution in [0.5, 0.6) is 17.5 Å². The van der Waals surface area contributed by atoms with Crippen LogP contribution in [0.2, 0.25) is 0 Å². The summed E-state index contributed by atoms with van der Waals surface area (Å²) in [6, 6.07) is 0.901. The van der Waals surface area contributed by atoms with Crippen LogP contribution >= 0.6 is 0 Å². The molecule has 2 aliphatic rings. The molecule has 0 amide bonds. The summed E-state index contributed by atoms with van der Waals surface area (Å²) in [5.41, 5.74) is -0.444. The maximum absolute atomic E-state index is 15.2. The summed E-state index contributed by atoms with van der Waals surface area (Å²) in [7, 11) is -1.42. The SMILES string of the molecule is [2H]C([2H])([2H])Oc1ncnc(C2CC2)c1-c1ncc(OC)c(OCc2cnc(-c3nc(C(F)(F)F)cn3C3CC3)c(F)c2)n1. The van der Waals surface area contributed by atoms with E-state index in [2.05, 4.69) is 29.9 Å². The zero-order valence-corrected chi connectivity index (χ0v) is 20.9. The average molecular weight is 561 g/mol. The van der Waals surface area contributed by atoms with Crippen molar-refractivity contribution in [3.8, 4) is 40.4 Å². The number of hydrogen-bond donors (Lipinski definition) is 0. The molecule has 0 aliphatic heterocycles. The minimum atomic E-state index is -4.68. The summed E-state index contributed by atoms with van der Waals surface area (Å²) in [6.45, 7) is -0.249. The van der Waals surface area contributed by atoms with E-state index in [0.29, 0.717) is 18.5 Å². The lowest BCUT2D eigenvalue weighted by atomic mass is 10.1. The van der Waals surface area contributed by atoms with Gasteiger partial charge in [-0.2, -0.15) is 18.2 Å². The molecule has 40 heavy (non-hydrogen) atoms. The largest absolute Gasteiger partial charge is 0.490 e. The fraction of sp³-hybridized carbons (Fsp3) is 0.385. The Morgan fingerprint density at radius 3 is 2.52 bits per heavy atom. The van der Waals surface area contributed by atoms with Gasteiger partial charge in [0.15, 0.2) is 28.9 Å². The molecule has 2 saturated carbocycles. The first kappa shape index (κ1) is 22.5. The first-order valence-electron chi connectivity index (χ1n) is 13.8. The third kappa shape index (κ3) is 5.00. The third-order valence-electron chi connectivity index (χ3n) is 6.52. The highest BCUT2D eigenvalue weighted by Gasteiger charge is 2.38. The number of alkyl halides is 3. The topological polar surface area (TPSA) is 110 Å². The maximum Gasteiger partial charge on any atom is 0.434 e. The van der Waals surface area contributed by atoms with Crippen molar-refractivity contribution in [2.75, 3.05) is 14.1 Å². The molecular weight excluding hydrogens is 534 g/mol. The predicted molar refractivity (Wildman–Crippen MR) is 131 cm³/mol. The Hall–Kier alpha value is -4.36. The van der Waals surface area contributed by atoms with Crippen molar-refractivity contribution in [1.82, 2.24) is 34.5 Å². The Balaban J connectivity index is 1.28. The van der Waals surface area contributed by atoms with Gasteiger partial charge in [0.1, 0.15) is 24.2 Å². The van der Waals surface area contributed by atoms with Gasteiger partial charge in [-0.1, -0.05) is 0 Å². The van der Waals surface area contributed by atoms with Crippen molar-refractivity contribution < 1.29 is 35.9 Å². The lowest BCUT2D eigenvalue weighted by molar-refractivity contribution is -0.140. The molecule has 2 fully saturated rings. The average Bonchev–Trinajstić information content (AvgIpc) is 3.88. The monoisotopic (exact) mass is 560 g/mol. The Morgan fingerprint density at radius 1 is 1.02 bits per heavy atom. The molecular formula is C26H23F4N7O3. The van der Waals surface area contributed by atoms with Gasteiger partial charge in [-0.3, -0.25) is 0 Å². The second-order valence-electron chi connectivity index (χ2n) is 9.43. The van der Waals surface area contributed by atoms with E-state index in [0.717, 1.165) is 25.1 Å². The summed E-state index contributed by atoms with van der Waals surface area (Å²) in [4.78, 5) is 24.7. The van der Waals surface area contributed by atoms with Crippen LogP contribution < -0.4 is 14.2 Å². The van der Waals surface area contributed by atoms with Gasteiger partial charge in [0.2, 0.25) is 5.88 Å². The quantitative estimate of drug-likeness (QED) is 0.257. The van der Waals surface area contributed by atoms with Gasteiger partial charge in [0, 0.05) is 29.9 Å². The van der Waals surface area contributed by atoms with Crippen LogP contribution in [-0.2, 0) is 12.8 Å². The standard InChI is InChI=1S/C26H23F4N7O3/c1-38-17-9-32-22(19-20(14-3-4-14)33-12-34-25(19)39-2)36-24(17)40-11-13-7-16(27)21(31-8-13)23-35-18(26(28,29)30)10-37(23)15-5-6-15/h7-10,12,14-15H,3-6,11H2,1-2H3/i2D3. The van der Waals surface area contributed by atoms with E-state index in [1.165, 1.54) is 30.4 Å². The molecule has 14 heteroatoms. The van der Waals surface area contributed by atoms with Crippen LogP contribution in [0.15, 0.2) is 31.0 Å². The fourth-order valence-corrected chi connectivity index (χ4v) is 4.26. The van der Waals surface area contributed by atoms with Crippen molar-refractivity contribution in [3.05, 3.63) is 53.8 Å². The van der Waals surface area contributed by atoms with Gasteiger partial charge < -0.3 is 18.8 Å². The molecule has 4 aromatic heterocycles. The number of halogens is 4. The maximum atomic E-state index is 15.2. The summed E-state index contributed by atoms with van der Waals surface area (Å²) in [5, 5.41) is 0. The minimum Gasteiger partial charge on any atom is -0.490 e. The highest BCUT2D eigenvalue weighted by atomic mass is 19.4. The van der Waals surface area contributed by atoms with Gasteiger partial charge in [-0.15, -0.1) is 0 Å². The summed E-state index contributed by atoms with van der Waals surface area (Å²) in [6.07, 6.45) is 3.00. The number of ether oxygens (including phenoxy) is 3. The van der Waals surface area contributed by atoms with Gasteiger partial charge >= 0.3 is 6.18 Å². The highest BCUT2D eigenvalue weighted by Crippen LogP contribution is 2.45. The third-order valence-corrected chi connectivity index (χ3v) is 6.52.